The van der Waals surface area contributed by atoms with Gasteiger partial charge >= 0.3 is 12.1 Å². The Bertz CT molecular complexity index is 1030. The third-order valence-electron chi connectivity index (χ3n) is 6.85. The standard InChI is InChI=1S/C27H32N2O5/c1-17(2)14-23(25(32)29-27(12-7-13-27)15-24(30)31)28-26(33)34-16-22-20-10-5-3-8-18(20)19-9-4-6-11-21(19)22/h3-6,8-11,17,22-23H,7,12-16H2,1-2H3,(H,28,33)(H,29,32)(H,30,31). The van der Waals surface area contributed by atoms with E-state index in [-0.39, 0.29) is 30.8 Å². The van der Waals surface area contributed by atoms with Gasteiger partial charge in [-0.15, -0.1) is 0 Å². The summed E-state index contributed by atoms with van der Waals surface area (Å²) in [7, 11) is 0. The molecule has 7 heteroatoms. The highest BCUT2D eigenvalue weighted by Gasteiger charge is 2.42. The van der Waals surface area contributed by atoms with Crippen molar-refractivity contribution in [2.75, 3.05) is 6.61 Å². The van der Waals surface area contributed by atoms with Gasteiger partial charge < -0.3 is 20.5 Å². The smallest absolute Gasteiger partial charge is 0.407 e. The number of rotatable bonds is 9. The molecule has 2 aliphatic carbocycles. The summed E-state index contributed by atoms with van der Waals surface area (Å²) in [5.74, 6) is -1.21. The number of carbonyl (C=O) groups is 3. The zero-order valence-electron chi connectivity index (χ0n) is 19.7. The summed E-state index contributed by atoms with van der Waals surface area (Å²) >= 11 is 0. The number of fused-ring (bicyclic) bond motifs is 3. The fraction of sp³-hybridized carbons (Fsp3) is 0.444. The lowest BCUT2D eigenvalue weighted by Crippen LogP contribution is -2.59. The number of nitrogens with one attached hydrogen (secondary N) is 2. The Balaban J connectivity index is 1.41. The van der Waals surface area contributed by atoms with Crippen molar-refractivity contribution < 1.29 is 24.2 Å². The summed E-state index contributed by atoms with van der Waals surface area (Å²) in [6.45, 7) is 4.10. The molecule has 2 aromatic carbocycles. The molecule has 0 spiro atoms. The number of amides is 2. The number of aliphatic carboxylic acids is 1. The monoisotopic (exact) mass is 464 g/mol. The first-order chi connectivity index (χ1) is 16.3. The molecule has 0 aromatic heterocycles. The van der Waals surface area contributed by atoms with Crippen LogP contribution >= 0.6 is 0 Å². The summed E-state index contributed by atoms with van der Waals surface area (Å²) < 4.78 is 5.61. The lowest BCUT2D eigenvalue weighted by molar-refractivity contribution is -0.140. The van der Waals surface area contributed by atoms with Gasteiger partial charge in [-0.3, -0.25) is 9.59 Å². The Morgan fingerprint density at radius 1 is 1.03 bits per heavy atom. The van der Waals surface area contributed by atoms with Crippen LogP contribution in [0.25, 0.3) is 11.1 Å². The molecule has 1 saturated carbocycles. The summed E-state index contributed by atoms with van der Waals surface area (Å²) in [6, 6.07) is 15.4. The molecule has 0 heterocycles. The molecule has 7 nitrogen and oxygen atoms in total. The van der Waals surface area contributed by atoms with Gasteiger partial charge in [0.05, 0.1) is 12.0 Å². The van der Waals surface area contributed by atoms with Crippen LogP contribution in [0.2, 0.25) is 0 Å². The van der Waals surface area contributed by atoms with Crippen LogP contribution in [0.4, 0.5) is 4.79 Å². The Morgan fingerprint density at radius 3 is 2.12 bits per heavy atom. The van der Waals surface area contributed by atoms with Crippen LogP contribution in [0.3, 0.4) is 0 Å². The topological polar surface area (TPSA) is 105 Å². The van der Waals surface area contributed by atoms with Gasteiger partial charge in [-0.25, -0.2) is 4.79 Å². The maximum Gasteiger partial charge on any atom is 0.407 e. The summed E-state index contributed by atoms with van der Waals surface area (Å²) in [5.41, 5.74) is 3.81. The molecule has 0 radical (unpaired) electrons. The maximum absolute atomic E-state index is 13.0. The third kappa shape index (κ3) is 5.08. The second-order valence-electron chi connectivity index (χ2n) is 9.85. The molecular weight excluding hydrogens is 432 g/mol. The van der Waals surface area contributed by atoms with Crippen LogP contribution in [-0.2, 0) is 14.3 Å². The third-order valence-corrected chi connectivity index (χ3v) is 6.85. The first-order valence-corrected chi connectivity index (χ1v) is 11.9. The molecule has 1 unspecified atom stereocenters. The van der Waals surface area contributed by atoms with E-state index in [4.69, 9.17) is 4.74 Å². The predicted octanol–water partition coefficient (Wildman–Crippen LogP) is 4.45. The minimum absolute atomic E-state index is 0.0654. The highest BCUT2D eigenvalue weighted by molar-refractivity contribution is 5.87. The molecule has 2 aliphatic rings. The molecular formula is C27H32N2O5. The van der Waals surface area contributed by atoms with Gasteiger partial charge in [-0.05, 0) is 53.9 Å². The molecule has 0 bridgehead atoms. The Kier molecular flexibility index (Phi) is 6.91. The number of carboxylic acid groups (broad SMARTS) is 1. The molecule has 0 saturated heterocycles. The molecule has 3 N–H and O–H groups in total. The Hall–Kier alpha value is -3.35. The van der Waals surface area contributed by atoms with Gasteiger partial charge in [-0.2, -0.15) is 0 Å². The van der Waals surface area contributed by atoms with Crippen molar-refractivity contribution in [2.45, 2.75) is 63.5 Å². The largest absolute Gasteiger partial charge is 0.481 e. The molecule has 4 rings (SSSR count). The van der Waals surface area contributed by atoms with E-state index in [9.17, 15) is 19.5 Å². The zero-order chi connectivity index (χ0) is 24.3. The van der Waals surface area contributed by atoms with E-state index in [0.717, 1.165) is 28.7 Å². The Morgan fingerprint density at radius 2 is 1.62 bits per heavy atom. The van der Waals surface area contributed by atoms with Crippen LogP contribution in [0.15, 0.2) is 48.5 Å². The van der Waals surface area contributed by atoms with E-state index < -0.39 is 23.6 Å². The molecule has 0 aliphatic heterocycles. The zero-order valence-corrected chi connectivity index (χ0v) is 19.7. The van der Waals surface area contributed by atoms with Gasteiger partial charge in [0, 0.05) is 5.92 Å². The number of hydrogen-bond acceptors (Lipinski definition) is 4. The second kappa shape index (κ2) is 9.87. The van der Waals surface area contributed by atoms with Crippen molar-refractivity contribution >= 4 is 18.0 Å². The predicted molar refractivity (Wildman–Crippen MR) is 128 cm³/mol. The maximum atomic E-state index is 13.0. The molecule has 2 aromatic rings. The fourth-order valence-corrected chi connectivity index (χ4v) is 5.07. The van der Waals surface area contributed by atoms with Crippen molar-refractivity contribution in [1.29, 1.82) is 0 Å². The number of ether oxygens (including phenoxy) is 1. The van der Waals surface area contributed by atoms with E-state index in [0.29, 0.717) is 19.3 Å². The molecule has 2 amide bonds. The number of alkyl carbamates (subject to hydrolysis) is 1. The van der Waals surface area contributed by atoms with Crippen LogP contribution < -0.4 is 10.6 Å². The van der Waals surface area contributed by atoms with E-state index >= 15 is 0 Å². The SMILES string of the molecule is CC(C)CC(NC(=O)OCC1c2ccccc2-c2ccccc21)C(=O)NC1(CC(=O)O)CCC1. The summed E-state index contributed by atoms with van der Waals surface area (Å²) in [4.78, 5) is 37.0. The number of benzene rings is 2. The lowest BCUT2D eigenvalue weighted by atomic mass is 9.74. The molecule has 1 atom stereocenters. The van der Waals surface area contributed by atoms with Gasteiger partial charge in [0.1, 0.15) is 12.6 Å². The van der Waals surface area contributed by atoms with E-state index in [1.807, 2.05) is 38.1 Å². The van der Waals surface area contributed by atoms with Crippen molar-refractivity contribution in [3.05, 3.63) is 59.7 Å². The highest BCUT2D eigenvalue weighted by Crippen LogP contribution is 2.44. The minimum atomic E-state index is -0.940. The Labute approximate surface area is 199 Å². The summed E-state index contributed by atoms with van der Waals surface area (Å²) in [6.07, 6.45) is 1.80. The van der Waals surface area contributed by atoms with Crippen LogP contribution in [0.5, 0.6) is 0 Å². The first kappa shape index (κ1) is 23.8. The normalized spacial score (nSPS) is 16.7. The second-order valence-corrected chi connectivity index (χ2v) is 9.85. The molecule has 1 fully saturated rings. The molecule has 34 heavy (non-hydrogen) atoms. The van der Waals surface area contributed by atoms with E-state index in [2.05, 4.69) is 34.9 Å². The number of carboxylic acids is 1. The number of carbonyl (C=O) groups excluding carboxylic acids is 2. The van der Waals surface area contributed by atoms with E-state index in [1.165, 1.54) is 0 Å². The van der Waals surface area contributed by atoms with Gasteiger partial charge in [0.15, 0.2) is 0 Å². The number of hydrogen-bond donors (Lipinski definition) is 3. The van der Waals surface area contributed by atoms with Crippen LogP contribution in [0.1, 0.15) is 63.0 Å². The van der Waals surface area contributed by atoms with Gasteiger partial charge in [-0.1, -0.05) is 62.4 Å². The average Bonchev–Trinajstić information content (AvgIpc) is 3.09. The van der Waals surface area contributed by atoms with Gasteiger partial charge in [0.25, 0.3) is 0 Å². The van der Waals surface area contributed by atoms with Crippen LogP contribution in [0, 0.1) is 5.92 Å². The minimum Gasteiger partial charge on any atom is -0.481 e. The average molecular weight is 465 g/mol. The first-order valence-electron chi connectivity index (χ1n) is 11.9. The lowest BCUT2D eigenvalue weighted by Gasteiger charge is -2.42. The van der Waals surface area contributed by atoms with Crippen molar-refractivity contribution in [3.8, 4) is 11.1 Å². The van der Waals surface area contributed by atoms with E-state index in [1.54, 1.807) is 0 Å². The summed E-state index contributed by atoms with van der Waals surface area (Å²) in [5, 5.41) is 14.9. The van der Waals surface area contributed by atoms with Crippen molar-refractivity contribution in [2.24, 2.45) is 5.92 Å². The quantitative estimate of drug-likeness (QED) is 0.508. The van der Waals surface area contributed by atoms with Crippen molar-refractivity contribution in [3.63, 3.8) is 0 Å². The van der Waals surface area contributed by atoms with Crippen LogP contribution in [-0.4, -0.2) is 41.3 Å². The van der Waals surface area contributed by atoms with Gasteiger partial charge in [0.2, 0.25) is 5.91 Å². The fourth-order valence-electron chi connectivity index (χ4n) is 5.07. The highest BCUT2D eigenvalue weighted by atomic mass is 16.5. The molecule has 180 valence electrons. The van der Waals surface area contributed by atoms with Crippen molar-refractivity contribution in [1.82, 2.24) is 10.6 Å².